The van der Waals surface area contributed by atoms with Gasteiger partial charge in [0.1, 0.15) is 37.0 Å². The number of primary amides is 1. The van der Waals surface area contributed by atoms with Gasteiger partial charge < -0.3 is 52.2 Å². The second kappa shape index (κ2) is 21.3. The Morgan fingerprint density at radius 3 is 2.24 bits per heavy atom. The highest BCUT2D eigenvalue weighted by atomic mass is 16.6. The van der Waals surface area contributed by atoms with Crippen LogP contribution in [0.25, 0.3) is 0 Å². The van der Waals surface area contributed by atoms with Crippen LogP contribution in [0.15, 0.2) is 24.3 Å². The number of imide groups is 1. The lowest BCUT2D eigenvalue weighted by molar-refractivity contribution is -0.139. The molecule has 8 amide bonds. The van der Waals surface area contributed by atoms with E-state index >= 15 is 0 Å². The first-order valence-corrected chi connectivity index (χ1v) is 18.5. The number of hydrogen-bond donors (Lipinski definition) is 9. The number of nitrogens with zero attached hydrogens (tertiary/aromatic N) is 2. The van der Waals surface area contributed by atoms with E-state index in [1.54, 1.807) is 32.9 Å². The summed E-state index contributed by atoms with van der Waals surface area (Å²) >= 11 is 0. The molecule has 2 aliphatic rings. The SMILES string of the molecule is CC1CC(=O)N(CCCCCC(=O)NC(C(=O)NC(CCCNC(N)=O)C(=O)Nc2ccc(COC(=O)N3C[C@@H](O)[C@@H](O)[C@H](O)[C@H]3CO)cc2)C(C)C)C1=O. The number of unbranched alkanes of at least 4 members (excludes halogenated alkanes) is 2. The number of anilines is 1. The van der Waals surface area contributed by atoms with E-state index in [1.165, 1.54) is 17.0 Å². The third kappa shape index (κ3) is 13.2. The average molecular weight is 778 g/mol. The lowest BCUT2D eigenvalue weighted by Gasteiger charge is -2.42. The Labute approximate surface area is 319 Å². The highest BCUT2D eigenvalue weighted by Crippen LogP contribution is 2.22. The predicted octanol–water partition coefficient (Wildman–Crippen LogP) is -0.950. The van der Waals surface area contributed by atoms with Crippen molar-refractivity contribution in [1.29, 1.82) is 0 Å². The van der Waals surface area contributed by atoms with E-state index in [1.807, 2.05) is 0 Å². The fourth-order valence-electron chi connectivity index (χ4n) is 6.29. The molecule has 3 rings (SSSR count). The molecule has 1 aromatic carbocycles. The van der Waals surface area contributed by atoms with Gasteiger partial charge in [0.05, 0.1) is 19.2 Å². The summed E-state index contributed by atoms with van der Waals surface area (Å²) in [6, 6.07) is 2.24. The molecule has 2 fully saturated rings. The summed E-state index contributed by atoms with van der Waals surface area (Å²) in [4.78, 5) is 89.8. The van der Waals surface area contributed by atoms with Crippen molar-refractivity contribution in [3.8, 4) is 0 Å². The van der Waals surface area contributed by atoms with Crippen molar-refractivity contribution in [2.45, 2.75) is 109 Å². The number of aliphatic hydroxyl groups excluding tert-OH is 4. The molecule has 7 atom stereocenters. The quantitative estimate of drug-likeness (QED) is 0.0607. The Morgan fingerprint density at radius 1 is 0.945 bits per heavy atom. The monoisotopic (exact) mass is 777 g/mol. The lowest BCUT2D eigenvalue weighted by Crippen LogP contribution is -2.63. The third-order valence-corrected chi connectivity index (χ3v) is 9.55. The molecule has 0 saturated carbocycles. The van der Waals surface area contributed by atoms with Gasteiger partial charge in [-0.25, -0.2) is 9.59 Å². The van der Waals surface area contributed by atoms with Gasteiger partial charge in [0.2, 0.25) is 29.5 Å². The van der Waals surface area contributed by atoms with Gasteiger partial charge in [-0.1, -0.05) is 39.3 Å². The Kier molecular flexibility index (Phi) is 17.2. The second-order valence-electron chi connectivity index (χ2n) is 14.3. The van der Waals surface area contributed by atoms with Crippen molar-refractivity contribution in [3.05, 3.63) is 29.8 Å². The topological polar surface area (TPSA) is 290 Å². The summed E-state index contributed by atoms with van der Waals surface area (Å²) in [5, 5.41) is 50.2. The van der Waals surface area contributed by atoms with Crippen LogP contribution in [0.4, 0.5) is 15.3 Å². The van der Waals surface area contributed by atoms with E-state index in [0.29, 0.717) is 37.1 Å². The molecule has 0 spiro atoms. The van der Waals surface area contributed by atoms with Crippen molar-refractivity contribution in [2.24, 2.45) is 17.6 Å². The van der Waals surface area contributed by atoms with Gasteiger partial charge in [0.15, 0.2) is 0 Å². The van der Waals surface area contributed by atoms with E-state index in [9.17, 15) is 54.0 Å². The van der Waals surface area contributed by atoms with Crippen LogP contribution in [-0.2, 0) is 35.3 Å². The van der Waals surface area contributed by atoms with E-state index in [-0.39, 0.29) is 74.9 Å². The average Bonchev–Trinajstić information content (AvgIpc) is 3.38. The number of aliphatic hydroxyl groups is 4. The molecule has 1 aromatic rings. The number of benzene rings is 1. The van der Waals surface area contributed by atoms with E-state index < -0.39 is 67.0 Å². The Hall–Kier alpha value is -4.85. The maximum Gasteiger partial charge on any atom is 0.410 e. The third-order valence-electron chi connectivity index (χ3n) is 9.55. The highest BCUT2D eigenvalue weighted by molar-refractivity contribution is 6.03. The molecular weight excluding hydrogens is 722 g/mol. The van der Waals surface area contributed by atoms with Crippen molar-refractivity contribution < 1.29 is 58.7 Å². The summed E-state index contributed by atoms with van der Waals surface area (Å²) < 4.78 is 5.28. The standard InChI is InChI=1S/C36H55N7O12/c1-20(2)29(41-27(46)9-5-4-6-15-42-28(47)16-21(3)34(42)52)33(51)40-24(8-7-14-38-35(37)53)32(50)39-23-12-10-22(11-13-23)19-55-36(54)43-17-26(45)31(49)30(48)25(43)18-44/h10-13,20-21,24-26,29-31,44-45,48-49H,4-9,14-19H2,1-3H3,(H,39,50)(H,40,51)(H,41,46)(H3,37,38,53)/t21?,24?,25-,26-,29?,30-,31-/m1/s1. The van der Waals surface area contributed by atoms with Crippen molar-refractivity contribution in [3.63, 3.8) is 0 Å². The van der Waals surface area contributed by atoms with Gasteiger partial charge in [-0.2, -0.15) is 0 Å². The number of likely N-dealkylation sites (tertiary alicyclic amines) is 2. The number of carbonyl (C=O) groups excluding carboxylic acids is 7. The van der Waals surface area contributed by atoms with Crippen molar-refractivity contribution >= 4 is 47.3 Å². The maximum absolute atomic E-state index is 13.5. The molecule has 0 aliphatic carbocycles. The van der Waals surface area contributed by atoms with Crippen LogP contribution < -0.4 is 27.0 Å². The highest BCUT2D eigenvalue weighted by Gasteiger charge is 2.44. The van der Waals surface area contributed by atoms with Crippen molar-refractivity contribution in [1.82, 2.24) is 25.8 Å². The summed E-state index contributed by atoms with van der Waals surface area (Å²) in [7, 11) is 0. The van der Waals surface area contributed by atoms with Gasteiger partial charge in [-0.15, -0.1) is 0 Å². The molecule has 2 aliphatic heterocycles. The first-order valence-electron chi connectivity index (χ1n) is 18.5. The van der Waals surface area contributed by atoms with Crippen LogP contribution in [0.5, 0.6) is 0 Å². The molecule has 55 heavy (non-hydrogen) atoms. The molecule has 19 nitrogen and oxygen atoms in total. The number of piperidine rings is 1. The molecule has 0 aromatic heterocycles. The molecule has 2 heterocycles. The summed E-state index contributed by atoms with van der Waals surface area (Å²) in [5.74, 6) is -2.56. The fraction of sp³-hybridized carbons (Fsp3) is 0.639. The van der Waals surface area contributed by atoms with Crippen LogP contribution >= 0.6 is 0 Å². The van der Waals surface area contributed by atoms with E-state index in [4.69, 9.17) is 10.5 Å². The minimum Gasteiger partial charge on any atom is -0.445 e. The second-order valence-corrected chi connectivity index (χ2v) is 14.3. The number of rotatable bonds is 19. The number of ether oxygens (including phenoxy) is 1. The first kappa shape index (κ1) is 44.5. The largest absolute Gasteiger partial charge is 0.445 e. The minimum absolute atomic E-state index is 0.108. The maximum atomic E-state index is 13.5. The number of urea groups is 1. The minimum atomic E-state index is -1.58. The van der Waals surface area contributed by atoms with E-state index in [0.717, 1.165) is 4.90 Å². The molecule has 2 saturated heterocycles. The fourth-order valence-corrected chi connectivity index (χ4v) is 6.29. The van der Waals surface area contributed by atoms with Crippen LogP contribution in [0.3, 0.4) is 0 Å². The Morgan fingerprint density at radius 2 is 1.64 bits per heavy atom. The number of nitrogens with two attached hydrogens (primary N) is 1. The zero-order chi connectivity index (χ0) is 40.8. The molecule has 306 valence electrons. The van der Waals surface area contributed by atoms with Crippen molar-refractivity contribution in [2.75, 3.05) is 31.6 Å². The number of amides is 8. The van der Waals surface area contributed by atoms with Crippen LogP contribution in [0, 0.1) is 11.8 Å². The van der Waals surface area contributed by atoms with Gasteiger partial charge in [0, 0.05) is 37.5 Å². The van der Waals surface area contributed by atoms with Gasteiger partial charge in [-0.05, 0) is 49.3 Å². The van der Waals surface area contributed by atoms with Crippen LogP contribution in [-0.4, -0.2) is 135 Å². The Balaban J connectivity index is 1.55. The van der Waals surface area contributed by atoms with Gasteiger partial charge in [0.25, 0.3) is 0 Å². The normalized spacial score (nSPS) is 22.2. The van der Waals surface area contributed by atoms with Gasteiger partial charge in [-0.3, -0.25) is 33.8 Å². The number of hydrogen-bond acceptors (Lipinski definition) is 12. The molecule has 0 bridgehead atoms. The molecule has 3 unspecified atom stereocenters. The zero-order valence-corrected chi connectivity index (χ0v) is 31.4. The first-order chi connectivity index (χ1) is 26.0. The molecular formula is C36H55N7O12. The summed E-state index contributed by atoms with van der Waals surface area (Å²) in [6.07, 6.45) is -3.14. The van der Waals surface area contributed by atoms with E-state index in [2.05, 4.69) is 21.3 Å². The molecule has 0 radical (unpaired) electrons. The zero-order valence-electron chi connectivity index (χ0n) is 31.4. The summed E-state index contributed by atoms with van der Waals surface area (Å²) in [6.45, 7) is 4.39. The Bertz CT molecular complexity index is 1510. The number of β-amino-alcohol motifs (C(OH)–C–C–N with tert-alkyl or cyclic N) is 1. The smallest absolute Gasteiger partial charge is 0.410 e. The van der Waals surface area contributed by atoms with Crippen LogP contribution in [0.1, 0.15) is 71.3 Å². The van der Waals surface area contributed by atoms with Crippen LogP contribution in [0.2, 0.25) is 0 Å². The predicted molar refractivity (Wildman–Crippen MR) is 195 cm³/mol. The lowest BCUT2D eigenvalue weighted by atomic mass is 9.95. The number of nitrogens with one attached hydrogen (secondary N) is 4. The molecule has 19 heteroatoms. The van der Waals surface area contributed by atoms with Gasteiger partial charge >= 0.3 is 12.1 Å². The number of carbonyl (C=O) groups is 7. The molecule has 10 N–H and O–H groups in total. The summed E-state index contributed by atoms with van der Waals surface area (Å²) in [5.41, 5.74) is 6.00.